The second-order valence-corrected chi connectivity index (χ2v) is 10.0. The largest absolute Gasteiger partial charge is 0.355 e. The number of benzene rings is 1. The summed E-state index contributed by atoms with van der Waals surface area (Å²) < 4.78 is 27.0. The minimum Gasteiger partial charge on any atom is -0.355 e. The first kappa shape index (κ1) is 22.7. The van der Waals surface area contributed by atoms with Crippen LogP contribution in [-0.4, -0.2) is 53.6 Å². The highest BCUT2D eigenvalue weighted by Gasteiger charge is 2.26. The summed E-state index contributed by atoms with van der Waals surface area (Å²) >= 11 is 0. The average Bonchev–Trinajstić information content (AvgIpc) is 3.11. The molecule has 0 bridgehead atoms. The zero-order valence-electron chi connectivity index (χ0n) is 18.8. The Morgan fingerprint density at radius 1 is 1.00 bits per heavy atom. The Kier molecular flexibility index (Phi) is 6.32. The molecule has 1 aliphatic rings. The minimum absolute atomic E-state index is 0.0721. The lowest BCUT2D eigenvalue weighted by Gasteiger charge is -2.31. The van der Waals surface area contributed by atoms with Gasteiger partial charge in [-0.1, -0.05) is 6.07 Å². The third kappa shape index (κ3) is 5.67. The van der Waals surface area contributed by atoms with Gasteiger partial charge in [0, 0.05) is 30.4 Å². The highest BCUT2D eigenvalue weighted by atomic mass is 32.2. The number of hydrogen-bond acceptors (Lipinski definition) is 7. The van der Waals surface area contributed by atoms with Crippen LogP contribution in [0.4, 0.5) is 17.2 Å². The van der Waals surface area contributed by atoms with Crippen molar-refractivity contribution in [3.8, 4) is 5.82 Å². The maximum Gasteiger partial charge on any atom is 0.229 e. The molecule has 0 spiro atoms. The lowest BCUT2D eigenvalue weighted by molar-refractivity contribution is -0.120. The van der Waals surface area contributed by atoms with Gasteiger partial charge in [0.2, 0.25) is 15.9 Å². The smallest absolute Gasteiger partial charge is 0.229 e. The number of carbonyl (C=O) groups excluding carboxylic acids is 1. The second-order valence-electron chi connectivity index (χ2n) is 8.29. The normalized spacial score (nSPS) is 14.8. The highest BCUT2D eigenvalue weighted by Crippen LogP contribution is 2.24. The molecule has 1 amide bonds. The first-order valence-electron chi connectivity index (χ1n) is 10.7. The number of aromatic nitrogens is 4. The molecule has 1 aliphatic heterocycles. The summed E-state index contributed by atoms with van der Waals surface area (Å²) in [6, 6.07) is 12.5. The molecule has 4 rings (SSSR count). The molecular weight excluding hydrogens is 442 g/mol. The summed E-state index contributed by atoms with van der Waals surface area (Å²) in [7, 11) is -3.38. The third-order valence-corrected chi connectivity index (χ3v) is 6.09. The van der Waals surface area contributed by atoms with Crippen LogP contribution in [-0.2, 0) is 14.8 Å². The summed E-state index contributed by atoms with van der Waals surface area (Å²) in [5.74, 6) is 1.25. The van der Waals surface area contributed by atoms with Crippen LogP contribution in [0.15, 0.2) is 42.5 Å². The van der Waals surface area contributed by atoms with E-state index in [4.69, 9.17) is 0 Å². The van der Waals surface area contributed by atoms with E-state index < -0.39 is 10.0 Å². The predicted molar refractivity (Wildman–Crippen MR) is 127 cm³/mol. The lowest BCUT2D eigenvalue weighted by Crippen LogP contribution is -2.38. The van der Waals surface area contributed by atoms with Gasteiger partial charge in [0.25, 0.3) is 0 Å². The molecule has 3 aromatic rings. The van der Waals surface area contributed by atoms with Crippen molar-refractivity contribution >= 4 is 33.1 Å². The lowest BCUT2D eigenvalue weighted by atomic mass is 9.96. The van der Waals surface area contributed by atoms with Crippen LogP contribution in [0.2, 0.25) is 0 Å². The van der Waals surface area contributed by atoms with Gasteiger partial charge in [-0.25, -0.2) is 13.1 Å². The topological polar surface area (TPSA) is 122 Å². The van der Waals surface area contributed by atoms with Gasteiger partial charge in [-0.15, -0.1) is 10.2 Å². The van der Waals surface area contributed by atoms with E-state index in [2.05, 4.69) is 30.2 Å². The van der Waals surface area contributed by atoms with Crippen molar-refractivity contribution < 1.29 is 13.2 Å². The molecule has 0 saturated carbocycles. The molecule has 2 N–H and O–H groups in total. The van der Waals surface area contributed by atoms with Gasteiger partial charge in [0.05, 0.1) is 17.6 Å². The van der Waals surface area contributed by atoms with Crippen LogP contribution < -0.4 is 14.9 Å². The summed E-state index contributed by atoms with van der Waals surface area (Å²) in [6.07, 6.45) is 2.46. The first-order valence-corrected chi connectivity index (χ1v) is 12.6. The SMILES string of the molecule is Cc1cc(C)n(-c2ccc(N3CCC(C(=O)Nc4cccc(NS(C)(=O)=O)c4)CC3)nn2)n1. The van der Waals surface area contributed by atoms with Crippen molar-refractivity contribution in [2.75, 3.05) is 34.3 Å². The van der Waals surface area contributed by atoms with E-state index in [9.17, 15) is 13.2 Å². The van der Waals surface area contributed by atoms with Gasteiger partial charge < -0.3 is 10.2 Å². The zero-order chi connectivity index (χ0) is 23.6. The first-order chi connectivity index (χ1) is 15.7. The van der Waals surface area contributed by atoms with Crippen molar-refractivity contribution in [1.82, 2.24) is 20.0 Å². The van der Waals surface area contributed by atoms with Crippen LogP contribution in [0.3, 0.4) is 0 Å². The molecular formula is C22H27N7O3S. The van der Waals surface area contributed by atoms with E-state index in [1.54, 1.807) is 28.9 Å². The molecule has 1 aromatic carbocycles. The molecule has 1 saturated heterocycles. The summed E-state index contributed by atoms with van der Waals surface area (Å²) in [5, 5.41) is 16.0. The Hall–Kier alpha value is -3.47. The van der Waals surface area contributed by atoms with E-state index in [-0.39, 0.29) is 11.8 Å². The van der Waals surface area contributed by atoms with E-state index in [0.717, 1.165) is 23.5 Å². The van der Waals surface area contributed by atoms with Gasteiger partial charge in [0.1, 0.15) is 0 Å². The molecule has 174 valence electrons. The van der Waals surface area contributed by atoms with Crippen molar-refractivity contribution in [3.05, 3.63) is 53.9 Å². The van der Waals surface area contributed by atoms with Crippen LogP contribution >= 0.6 is 0 Å². The van der Waals surface area contributed by atoms with Crippen LogP contribution in [0, 0.1) is 19.8 Å². The molecule has 0 aliphatic carbocycles. The summed E-state index contributed by atoms with van der Waals surface area (Å²) in [6.45, 7) is 5.31. The number of rotatable bonds is 6. The number of anilines is 3. The maximum atomic E-state index is 12.7. The third-order valence-electron chi connectivity index (χ3n) is 5.49. The van der Waals surface area contributed by atoms with Crippen LogP contribution in [0.1, 0.15) is 24.2 Å². The Bertz CT molecular complexity index is 1250. The number of sulfonamides is 1. The number of aryl methyl sites for hydroxylation is 2. The molecule has 0 atom stereocenters. The Labute approximate surface area is 193 Å². The maximum absolute atomic E-state index is 12.7. The quantitative estimate of drug-likeness (QED) is 0.569. The van der Waals surface area contributed by atoms with E-state index in [1.807, 2.05) is 32.0 Å². The fourth-order valence-electron chi connectivity index (χ4n) is 3.95. The number of nitrogens with zero attached hydrogens (tertiary/aromatic N) is 5. The molecule has 0 unspecified atom stereocenters. The van der Waals surface area contributed by atoms with Gasteiger partial charge in [0.15, 0.2) is 11.6 Å². The van der Waals surface area contributed by atoms with Gasteiger partial charge >= 0.3 is 0 Å². The molecule has 1 fully saturated rings. The fraction of sp³-hybridized carbons (Fsp3) is 0.364. The number of nitrogens with one attached hydrogen (secondary N) is 2. The van der Waals surface area contributed by atoms with Gasteiger partial charge in [-0.05, 0) is 63.1 Å². The van der Waals surface area contributed by atoms with E-state index in [1.165, 1.54) is 0 Å². The Morgan fingerprint density at radius 2 is 1.67 bits per heavy atom. The van der Waals surface area contributed by atoms with Gasteiger partial charge in [-0.3, -0.25) is 9.52 Å². The molecule has 33 heavy (non-hydrogen) atoms. The number of piperidine rings is 1. The minimum atomic E-state index is -3.38. The average molecular weight is 470 g/mol. The van der Waals surface area contributed by atoms with Crippen LogP contribution in [0.5, 0.6) is 0 Å². The van der Waals surface area contributed by atoms with E-state index >= 15 is 0 Å². The monoisotopic (exact) mass is 469 g/mol. The summed E-state index contributed by atoms with van der Waals surface area (Å²) in [5.41, 5.74) is 2.89. The Balaban J connectivity index is 1.34. The number of amides is 1. The van der Waals surface area contributed by atoms with Crippen molar-refractivity contribution in [2.24, 2.45) is 5.92 Å². The molecule has 10 nitrogen and oxygen atoms in total. The molecule has 3 heterocycles. The Morgan fingerprint density at radius 3 is 2.27 bits per heavy atom. The highest BCUT2D eigenvalue weighted by molar-refractivity contribution is 7.92. The fourth-order valence-corrected chi connectivity index (χ4v) is 4.51. The molecule has 0 radical (unpaired) electrons. The summed E-state index contributed by atoms with van der Waals surface area (Å²) in [4.78, 5) is 14.9. The van der Waals surface area contributed by atoms with Crippen molar-refractivity contribution in [1.29, 1.82) is 0 Å². The van der Waals surface area contributed by atoms with E-state index in [0.29, 0.717) is 43.1 Å². The molecule has 11 heteroatoms. The number of carbonyl (C=O) groups is 1. The predicted octanol–water partition coefficient (Wildman–Crippen LogP) is 2.51. The number of hydrogen-bond donors (Lipinski definition) is 2. The second kappa shape index (κ2) is 9.18. The van der Waals surface area contributed by atoms with Gasteiger partial charge in [-0.2, -0.15) is 5.10 Å². The zero-order valence-corrected chi connectivity index (χ0v) is 19.6. The van der Waals surface area contributed by atoms with Crippen molar-refractivity contribution in [3.63, 3.8) is 0 Å². The molecule has 2 aromatic heterocycles. The van der Waals surface area contributed by atoms with Crippen LogP contribution in [0.25, 0.3) is 5.82 Å². The standard InChI is InChI=1S/C22H27N7O3S/c1-15-13-16(2)29(26-15)21-8-7-20(24-25-21)28-11-9-17(10-12-28)22(30)23-18-5-4-6-19(14-18)27-33(3,31)32/h4-8,13-14,17,27H,9-12H2,1-3H3,(H,23,30). The van der Waals surface area contributed by atoms with Crippen molar-refractivity contribution in [2.45, 2.75) is 26.7 Å².